The number of hydrogen-bond donors (Lipinski definition) is 1. The molecule has 0 bridgehead atoms. The van der Waals surface area contributed by atoms with Gasteiger partial charge in [0.25, 0.3) is 0 Å². The van der Waals surface area contributed by atoms with Crippen molar-refractivity contribution in [3.05, 3.63) is 17.0 Å². The van der Waals surface area contributed by atoms with E-state index in [1.165, 1.54) is 11.3 Å². The fourth-order valence-electron chi connectivity index (χ4n) is 2.47. The van der Waals surface area contributed by atoms with Gasteiger partial charge in [0, 0.05) is 30.3 Å². The molecule has 2 atom stereocenters. The van der Waals surface area contributed by atoms with E-state index in [0.717, 1.165) is 5.69 Å². The lowest BCUT2D eigenvalue weighted by Crippen LogP contribution is -2.06. The molecule has 0 saturated heterocycles. The maximum atomic E-state index is 6.09. The zero-order valence-corrected chi connectivity index (χ0v) is 9.63. The fraction of sp³-hybridized carbons (Fsp3) is 0.727. The van der Waals surface area contributed by atoms with Gasteiger partial charge in [-0.1, -0.05) is 13.8 Å². The summed E-state index contributed by atoms with van der Waals surface area (Å²) < 4.78 is 1.95. The molecule has 1 aliphatic carbocycles. The molecule has 1 heterocycles. The maximum Gasteiger partial charge on any atom is 0.0632 e. The van der Waals surface area contributed by atoms with E-state index in [9.17, 15) is 0 Å². The van der Waals surface area contributed by atoms with Crippen LogP contribution in [0, 0.1) is 19.3 Å². The lowest BCUT2D eigenvalue weighted by Gasteiger charge is -2.02. The molecule has 1 saturated carbocycles. The second-order valence-corrected chi connectivity index (χ2v) is 5.03. The van der Waals surface area contributed by atoms with Crippen LogP contribution in [0.5, 0.6) is 0 Å². The third-order valence-electron chi connectivity index (χ3n) is 3.79. The maximum absolute atomic E-state index is 6.09. The van der Waals surface area contributed by atoms with Crippen molar-refractivity contribution >= 4 is 0 Å². The van der Waals surface area contributed by atoms with E-state index in [1.807, 2.05) is 11.7 Å². The minimum atomic E-state index is 0.249. The average molecular weight is 193 g/mol. The van der Waals surface area contributed by atoms with Crippen LogP contribution in [-0.4, -0.2) is 15.8 Å². The Labute approximate surface area is 85.3 Å². The number of aryl methyl sites for hydroxylation is 2. The smallest absolute Gasteiger partial charge is 0.0632 e. The Morgan fingerprint density at radius 2 is 1.86 bits per heavy atom. The van der Waals surface area contributed by atoms with Gasteiger partial charge in [-0.25, -0.2) is 0 Å². The summed E-state index contributed by atoms with van der Waals surface area (Å²) in [6.07, 6.45) is 0. The lowest BCUT2D eigenvalue weighted by molar-refractivity contribution is 0.597. The van der Waals surface area contributed by atoms with Crippen molar-refractivity contribution in [3.8, 4) is 0 Å². The largest absolute Gasteiger partial charge is 0.327 e. The molecular formula is C11H19N3. The van der Waals surface area contributed by atoms with Crippen molar-refractivity contribution in [2.45, 2.75) is 39.7 Å². The molecule has 0 radical (unpaired) electrons. The highest BCUT2D eigenvalue weighted by Gasteiger charge is 2.57. The van der Waals surface area contributed by atoms with E-state index in [4.69, 9.17) is 5.73 Å². The molecule has 3 nitrogen and oxygen atoms in total. The minimum absolute atomic E-state index is 0.249. The van der Waals surface area contributed by atoms with Gasteiger partial charge < -0.3 is 5.73 Å². The van der Waals surface area contributed by atoms with Crippen LogP contribution < -0.4 is 5.73 Å². The zero-order valence-electron chi connectivity index (χ0n) is 9.63. The lowest BCUT2D eigenvalue weighted by atomic mass is 10.0. The van der Waals surface area contributed by atoms with Crippen LogP contribution in [0.2, 0.25) is 0 Å². The zero-order chi connectivity index (χ0) is 10.7. The first kappa shape index (κ1) is 9.71. The van der Waals surface area contributed by atoms with Crippen molar-refractivity contribution in [3.63, 3.8) is 0 Å². The van der Waals surface area contributed by atoms with Crippen LogP contribution in [0.4, 0.5) is 0 Å². The van der Waals surface area contributed by atoms with Gasteiger partial charge in [0.05, 0.1) is 5.69 Å². The minimum Gasteiger partial charge on any atom is -0.327 e. The number of aromatic nitrogens is 2. The summed E-state index contributed by atoms with van der Waals surface area (Å²) in [5, 5.41) is 4.43. The summed E-state index contributed by atoms with van der Waals surface area (Å²) in [6.45, 7) is 8.66. The van der Waals surface area contributed by atoms with E-state index < -0.39 is 0 Å². The topological polar surface area (TPSA) is 43.8 Å². The Hall–Kier alpha value is -0.830. The molecule has 1 fully saturated rings. The van der Waals surface area contributed by atoms with Crippen molar-refractivity contribution in [2.75, 3.05) is 0 Å². The molecule has 1 aliphatic rings. The highest BCUT2D eigenvalue weighted by molar-refractivity contribution is 5.39. The molecule has 3 heteroatoms. The van der Waals surface area contributed by atoms with E-state index in [0.29, 0.717) is 12.0 Å². The van der Waals surface area contributed by atoms with Crippen LogP contribution in [0.1, 0.15) is 36.7 Å². The number of nitrogens with two attached hydrogens (primary N) is 1. The Morgan fingerprint density at radius 1 is 1.36 bits per heavy atom. The number of hydrogen-bond acceptors (Lipinski definition) is 2. The predicted molar refractivity (Wildman–Crippen MR) is 57.2 cm³/mol. The van der Waals surface area contributed by atoms with Gasteiger partial charge in [-0.2, -0.15) is 5.10 Å². The third kappa shape index (κ3) is 1.05. The van der Waals surface area contributed by atoms with Gasteiger partial charge in [0.15, 0.2) is 0 Å². The van der Waals surface area contributed by atoms with Crippen molar-refractivity contribution in [1.29, 1.82) is 0 Å². The molecule has 78 valence electrons. The van der Waals surface area contributed by atoms with E-state index >= 15 is 0 Å². The first-order valence-corrected chi connectivity index (χ1v) is 5.13. The van der Waals surface area contributed by atoms with Crippen LogP contribution in [-0.2, 0) is 7.05 Å². The van der Waals surface area contributed by atoms with Crippen LogP contribution in [0.3, 0.4) is 0 Å². The van der Waals surface area contributed by atoms with Crippen LogP contribution >= 0.6 is 0 Å². The summed E-state index contributed by atoms with van der Waals surface area (Å²) >= 11 is 0. The summed E-state index contributed by atoms with van der Waals surface area (Å²) in [7, 11) is 1.99. The number of rotatable bonds is 1. The van der Waals surface area contributed by atoms with Gasteiger partial charge in [0.1, 0.15) is 0 Å². The molecule has 1 aromatic heterocycles. The van der Waals surface area contributed by atoms with E-state index in [1.54, 1.807) is 0 Å². The Morgan fingerprint density at radius 3 is 2.14 bits per heavy atom. The molecule has 0 aromatic carbocycles. The Bertz CT molecular complexity index is 376. The summed E-state index contributed by atoms with van der Waals surface area (Å²) in [5.41, 5.74) is 10.1. The van der Waals surface area contributed by atoms with Crippen molar-refractivity contribution < 1.29 is 0 Å². The van der Waals surface area contributed by atoms with Gasteiger partial charge in [-0.05, 0) is 19.3 Å². The molecular weight excluding hydrogens is 174 g/mol. The highest BCUT2D eigenvalue weighted by Crippen LogP contribution is 2.58. The van der Waals surface area contributed by atoms with Gasteiger partial charge >= 0.3 is 0 Å². The van der Waals surface area contributed by atoms with E-state index in [-0.39, 0.29) is 5.41 Å². The SMILES string of the molecule is Cc1nn(C)c(C)c1C1C(N)C1(C)C. The second kappa shape index (κ2) is 2.60. The van der Waals surface area contributed by atoms with E-state index in [2.05, 4.69) is 32.8 Å². The summed E-state index contributed by atoms with van der Waals surface area (Å²) in [6, 6.07) is 0.295. The predicted octanol–water partition coefficient (Wildman–Crippen LogP) is 1.49. The van der Waals surface area contributed by atoms with Crippen molar-refractivity contribution in [2.24, 2.45) is 18.2 Å². The van der Waals surface area contributed by atoms with Crippen LogP contribution in [0.15, 0.2) is 0 Å². The Kier molecular flexibility index (Phi) is 1.80. The molecule has 2 rings (SSSR count). The number of nitrogens with zero attached hydrogens (tertiary/aromatic N) is 2. The van der Waals surface area contributed by atoms with Gasteiger partial charge in [-0.15, -0.1) is 0 Å². The normalized spacial score (nSPS) is 29.3. The molecule has 0 amide bonds. The highest BCUT2D eigenvalue weighted by atomic mass is 15.3. The Balaban J connectivity index is 2.44. The first-order valence-electron chi connectivity index (χ1n) is 5.13. The average Bonchev–Trinajstić information content (AvgIpc) is 2.43. The molecule has 0 aliphatic heterocycles. The monoisotopic (exact) mass is 193 g/mol. The fourth-order valence-corrected chi connectivity index (χ4v) is 2.47. The first-order chi connectivity index (χ1) is 6.37. The van der Waals surface area contributed by atoms with Gasteiger partial charge in [0.2, 0.25) is 0 Å². The molecule has 1 aromatic rings. The molecule has 2 unspecified atom stereocenters. The summed E-state index contributed by atoms with van der Waals surface area (Å²) in [4.78, 5) is 0. The van der Waals surface area contributed by atoms with Gasteiger partial charge in [-0.3, -0.25) is 4.68 Å². The standard InChI is InChI=1S/C11H19N3/c1-6-8(7(2)14(5)13-6)9-10(12)11(9,3)4/h9-10H,12H2,1-5H3. The molecule has 0 spiro atoms. The second-order valence-electron chi connectivity index (χ2n) is 5.03. The summed E-state index contributed by atoms with van der Waals surface area (Å²) in [5.74, 6) is 0.496. The molecule has 2 N–H and O–H groups in total. The quantitative estimate of drug-likeness (QED) is 0.734. The molecule has 14 heavy (non-hydrogen) atoms. The van der Waals surface area contributed by atoms with Crippen molar-refractivity contribution in [1.82, 2.24) is 9.78 Å². The van der Waals surface area contributed by atoms with Crippen LogP contribution in [0.25, 0.3) is 0 Å². The third-order valence-corrected chi connectivity index (χ3v) is 3.79.